The van der Waals surface area contributed by atoms with Crippen molar-refractivity contribution in [3.63, 3.8) is 0 Å². The molecule has 0 saturated carbocycles. The van der Waals surface area contributed by atoms with E-state index in [0.29, 0.717) is 32.2 Å². The summed E-state index contributed by atoms with van der Waals surface area (Å²) in [5.74, 6) is -2.34. The van der Waals surface area contributed by atoms with Crippen molar-refractivity contribution in [2.75, 3.05) is 13.1 Å². The quantitative estimate of drug-likeness (QED) is 0.306. The zero-order valence-electron chi connectivity index (χ0n) is 11.3. The van der Waals surface area contributed by atoms with Crippen molar-refractivity contribution in [1.29, 1.82) is 0 Å². The Hall–Kier alpha value is -1.55. The second-order valence-electron chi connectivity index (χ2n) is 4.16. The Morgan fingerprint density at radius 3 is 2.00 bits per heavy atom. The maximum atomic E-state index is 12.8. The average Bonchev–Trinajstić information content (AvgIpc) is 2.39. The van der Waals surface area contributed by atoms with E-state index < -0.39 is 21.3 Å². The molecule has 122 valence electrons. The van der Waals surface area contributed by atoms with Crippen LogP contribution in [0.3, 0.4) is 0 Å². The van der Waals surface area contributed by atoms with E-state index in [1.54, 1.807) is 5.32 Å². The average molecular weight is 328 g/mol. The third kappa shape index (κ3) is 7.14. The van der Waals surface area contributed by atoms with Gasteiger partial charge in [0.15, 0.2) is 0 Å². The molecule has 10 heteroatoms. The summed E-state index contributed by atoms with van der Waals surface area (Å²) in [5, 5.41) is -0.551. The van der Waals surface area contributed by atoms with Crippen LogP contribution in [0, 0.1) is 0 Å². The van der Waals surface area contributed by atoms with Gasteiger partial charge in [0.2, 0.25) is 5.91 Å². The summed E-state index contributed by atoms with van der Waals surface area (Å²) in [4.78, 5) is 21.7. The van der Waals surface area contributed by atoms with Crippen molar-refractivity contribution in [1.82, 2.24) is 10.6 Å². The number of hydrogen-bond donors (Lipinski definition) is 3. The zero-order valence-corrected chi connectivity index (χ0v) is 12.1. The first kappa shape index (κ1) is 19.4. The van der Waals surface area contributed by atoms with E-state index in [9.17, 15) is 26.8 Å². The summed E-state index contributed by atoms with van der Waals surface area (Å²) >= 11 is 0. The fraction of sp³-hybridized carbons (Fsp3) is 0.636. The molecule has 0 atom stereocenters. The second kappa shape index (κ2) is 8.67. The molecule has 7 nitrogen and oxygen atoms in total. The smallest absolute Gasteiger partial charge is 0.353 e. The minimum Gasteiger partial charge on any atom is -0.353 e. The van der Waals surface area contributed by atoms with Crippen LogP contribution in [0.1, 0.15) is 25.7 Å². The third-order valence-corrected chi connectivity index (χ3v) is 3.30. The predicted molar refractivity (Wildman–Crippen MR) is 71.2 cm³/mol. The Morgan fingerprint density at radius 1 is 1.10 bits per heavy atom. The highest BCUT2D eigenvalue weighted by atomic mass is 32.2. The lowest BCUT2D eigenvalue weighted by Crippen LogP contribution is -2.45. The molecule has 0 spiro atoms. The van der Waals surface area contributed by atoms with Gasteiger partial charge in [-0.15, -0.1) is 0 Å². The lowest BCUT2D eigenvalue weighted by atomic mass is 10.2. The zero-order chi connectivity index (χ0) is 16.5. The van der Waals surface area contributed by atoms with Crippen LogP contribution in [-0.2, 0) is 19.7 Å². The van der Waals surface area contributed by atoms with Gasteiger partial charge in [0.1, 0.15) is 0 Å². The fourth-order valence-electron chi connectivity index (χ4n) is 1.31. The number of amides is 2. The summed E-state index contributed by atoms with van der Waals surface area (Å²) < 4.78 is 54.4. The number of carbonyl (C=O) groups is 2. The lowest BCUT2D eigenvalue weighted by Gasteiger charge is -2.12. The van der Waals surface area contributed by atoms with Crippen LogP contribution in [0.4, 0.5) is 8.78 Å². The van der Waals surface area contributed by atoms with E-state index >= 15 is 0 Å². The predicted octanol–water partition coefficient (Wildman–Crippen LogP) is 0.446. The molecule has 2 amide bonds. The number of unbranched alkanes of at least 4 members (excludes halogenated alkanes) is 3. The Morgan fingerprint density at radius 2 is 1.57 bits per heavy atom. The Balaban J connectivity index is 3.75. The topological polar surface area (TPSA) is 113 Å². The monoisotopic (exact) mass is 328 g/mol. The molecular weight excluding hydrogens is 310 g/mol. The normalized spacial score (nSPS) is 11.8. The molecular formula is C11H18F2N2O5S. The van der Waals surface area contributed by atoms with Crippen LogP contribution < -0.4 is 10.6 Å². The standard InChI is InChI=1S/C11H18F2N2O5S/c1-2-9(16)14-7-5-3-4-6-8-15-10(17)11(12,13)21(18,19)20/h2H,1,3-8H2,(H,14,16)(H,15,17)(H,18,19,20). The van der Waals surface area contributed by atoms with Gasteiger partial charge in [-0.1, -0.05) is 19.4 Å². The molecule has 0 rings (SSSR count). The number of halogens is 2. The van der Waals surface area contributed by atoms with Gasteiger partial charge in [0.05, 0.1) is 0 Å². The second-order valence-corrected chi connectivity index (χ2v) is 5.62. The van der Waals surface area contributed by atoms with Crippen LogP contribution in [0.2, 0.25) is 0 Å². The van der Waals surface area contributed by atoms with Gasteiger partial charge >= 0.3 is 21.3 Å². The minimum absolute atomic E-state index is 0.136. The van der Waals surface area contributed by atoms with Gasteiger partial charge in [-0.05, 0) is 18.9 Å². The van der Waals surface area contributed by atoms with Crippen molar-refractivity contribution in [2.24, 2.45) is 0 Å². The van der Waals surface area contributed by atoms with E-state index in [2.05, 4.69) is 11.9 Å². The maximum Gasteiger partial charge on any atom is 0.446 e. The van der Waals surface area contributed by atoms with Crippen LogP contribution in [0.15, 0.2) is 12.7 Å². The van der Waals surface area contributed by atoms with Gasteiger partial charge in [-0.3, -0.25) is 14.1 Å². The molecule has 0 unspecified atom stereocenters. The number of carbonyl (C=O) groups excluding carboxylic acids is 2. The molecule has 0 bridgehead atoms. The van der Waals surface area contributed by atoms with Gasteiger partial charge in [0, 0.05) is 13.1 Å². The molecule has 0 heterocycles. The molecule has 0 aromatic rings. The Bertz CT molecular complexity index is 479. The van der Waals surface area contributed by atoms with Gasteiger partial charge in [-0.25, -0.2) is 0 Å². The molecule has 0 aliphatic carbocycles. The summed E-state index contributed by atoms with van der Waals surface area (Å²) in [6.07, 6.45) is 3.48. The Kier molecular flexibility index (Phi) is 8.03. The van der Waals surface area contributed by atoms with Crippen molar-refractivity contribution in [2.45, 2.75) is 30.9 Å². The van der Waals surface area contributed by atoms with Crippen LogP contribution in [0.5, 0.6) is 0 Å². The van der Waals surface area contributed by atoms with Crippen LogP contribution in [-0.4, -0.2) is 43.1 Å². The summed E-state index contributed by atoms with van der Waals surface area (Å²) in [5.41, 5.74) is 0. The first-order valence-electron chi connectivity index (χ1n) is 6.16. The molecule has 0 radical (unpaired) electrons. The van der Waals surface area contributed by atoms with E-state index in [0.717, 1.165) is 6.08 Å². The van der Waals surface area contributed by atoms with Gasteiger partial charge in [-0.2, -0.15) is 17.2 Å². The van der Waals surface area contributed by atoms with E-state index in [-0.39, 0.29) is 12.5 Å². The van der Waals surface area contributed by atoms with E-state index in [4.69, 9.17) is 4.55 Å². The van der Waals surface area contributed by atoms with Crippen molar-refractivity contribution < 1.29 is 31.3 Å². The van der Waals surface area contributed by atoms with E-state index in [1.807, 2.05) is 0 Å². The summed E-state index contributed by atoms with van der Waals surface area (Å²) in [7, 11) is -5.76. The molecule has 0 saturated heterocycles. The fourth-order valence-corrected chi connectivity index (χ4v) is 1.62. The van der Waals surface area contributed by atoms with Crippen LogP contribution in [0.25, 0.3) is 0 Å². The van der Waals surface area contributed by atoms with Crippen molar-refractivity contribution >= 4 is 21.9 Å². The number of hydrogen-bond acceptors (Lipinski definition) is 4. The first-order valence-corrected chi connectivity index (χ1v) is 7.60. The SMILES string of the molecule is C=CC(=O)NCCCCCCNC(=O)C(F)(F)S(=O)(=O)O. The summed E-state index contributed by atoms with van der Waals surface area (Å²) in [6.45, 7) is 3.60. The molecule has 0 aliphatic heterocycles. The molecule has 0 fully saturated rings. The molecule has 3 N–H and O–H groups in total. The highest BCUT2D eigenvalue weighted by molar-refractivity contribution is 7.87. The highest BCUT2D eigenvalue weighted by Gasteiger charge is 2.52. The molecule has 0 aromatic carbocycles. The first-order chi connectivity index (χ1) is 9.63. The van der Waals surface area contributed by atoms with Crippen molar-refractivity contribution in [3.05, 3.63) is 12.7 Å². The number of alkyl halides is 2. The highest BCUT2D eigenvalue weighted by Crippen LogP contribution is 2.20. The lowest BCUT2D eigenvalue weighted by molar-refractivity contribution is -0.136. The van der Waals surface area contributed by atoms with E-state index in [1.165, 1.54) is 0 Å². The minimum atomic E-state index is -5.76. The molecule has 0 aromatic heterocycles. The van der Waals surface area contributed by atoms with Gasteiger partial charge in [0.25, 0.3) is 0 Å². The number of nitrogens with one attached hydrogen (secondary N) is 2. The third-order valence-electron chi connectivity index (χ3n) is 2.46. The summed E-state index contributed by atoms with van der Waals surface area (Å²) in [6, 6.07) is 0. The molecule has 21 heavy (non-hydrogen) atoms. The Labute approximate surface area is 121 Å². The van der Waals surface area contributed by atoms with Crippen molar-refractivity contribution in [3.8, 4) is 0 Å². The maximum absolute atomic E-state index is 12.8. The van der Waals surface area contributed by atoms with Crippen LogP contribution >= 0.6 is 0 Å². The largest absolute Gasteiger partial charge is 0.446 e. The number of rotatable bonds is 10. The molecule has 0 aliphatic rings. The van der Waals surface area contributed by atoms with Gasteiger partial charge < -0.3 is 10.6 Å².